The first kappa shape index (κ1) is 8.97. The molecule has 1 unspecified atom stereocenters. The van der Waals surface area contributed by atoms with Crippen LogP contribution in [0.4, 0.5) is 0 Å². The third-order valence-corrected chi connectivity index (χ3v) is 2.53. The molecule has 1 atom stereocenters. The quantitative estimate of drug-likeness (QED) is 0.599. The van der Waals surface area contributed by atoms with Crippen molar-refractivity contribution < 1.29 is 9.94 Å². The highest BCUT2D eigenvalue weighted by atomic mass is 16.6. The molecule has 1 aliphatic rings. The van der Waals surface area contributed by atoms with E-state index in [0.29, 0.717) is 5.92 Å². The van der Waals surface area contributed by atoms with E-state index in [1.165, 1.54) is 19.3 Å². The number of nitrogens with two attached hydrogens (primary N) is 1. The van der Waals surface area contributed by atoms with Gasteiger partial charge in [0.05, 0.1) is 6.61 Å². The Morgan fingerprint density at radius 1 is 1.36 bits per heavy atom. The lowest BCUT2D eigenvalue weighted by molar-refractivity contribution is -0.0341. The van der Waals surface area contributed by atoms with Gasteiger partial charge in [-0.25, -0.2) is 5.90 Å². The van der Waals surface area contributed by atoms with Crippen molar-refractivity contribution in [2.45, 2.75) is 38.2 Å². The van der Waals surface area contributed by atoms with E-state index in [1.54, 1.807) is 0 Å². The molecule has 0 saturated heterocycles. The smallest absolute Gasteiger partial charge is 0.104 e. The highest BCUT2D eigenvalue weighted by Crippen LogP contribution is 2.26. The molecule has 1 aliphatic carbocycles. The van der Waals surface area contributed by atoms with Crippen molar-refractivity contribution in [3.8, 4) is 0 Å². The van der Waals surface area contributed by atoms with Gasteiger partial charge in [-0.1, -0.05) is 19.3 Å². The average Bonchev–Trinajstić information content (AvgIpc) is 2.09. The Labute approximate surface area is 67.5 Å². The molecule has 0 amide bonds. The van der Waals surface area contributed by atoms with Gasteiger partial charge < -0.3 is 5.11 Å². The van der Waals surface area contributed by atoms with Gasteiger partial charge >= 0.3 is 0 Å². The van der Waals surface area contributed by atoms with Crippen LogP contribution in [0.1, 0.15) is 32.1 Å². The van der Waals surface area contributed by atoms with Crippen LogP contribution in [0.25, 0.3) is 0 Å². The standard InChI is InChI=1S/C8H17NO2/c9-11-8(6-10)7-4-2-1-3-5-7/h7-8,10H,1-6,9H2. The average molecular weight is 159 g/mol. The minimum atomic E-state index is -0.129. The first-order valence-electron chi connectivity index (χ1n) is 4.35. The van der Waals surface area contributed by atoms with Crippen molar-refractivity contribution in [1.29, 1.82) is 0 Å². The van der Waals surface area contributed by atoms with Crippen LogP contribution < -0.4 is 5.90 Å². The highest BCUT2D eigenvalue weighted by Gasteiger charge is 2.22. The zero-order valence-electron chi connectivity index (χ0n) is 6.83. The van der Waals surface area contributed by atoms with Gasteiger partial charge in [-0.2, -0.15) is 0 Å². The second-order valence-corrected chi connectivity index (χ2v) is 3.26. The van der Waals surface area contributed by atoms with Crippen LogP contribution in [-0.2, 0) is 4.84 Å². The van der Waals surface area contributed by atoms with Gasteiger partial charge in [0.1, 0.15) is 6.10 Å². The first-order chi connectivity index (χ1) is 5.38. The third kappa shape index (κ3) is 2.43. The fraction of sp³-hybridized carbons (Fsp3) is 1.00. The van der Waals surface area contributed by atoms with Crippen LogP contribution in [0.3, 0.4) is 0 Å². The van der Waals surface area contributed by atoms with Crippen molar-refractivity contribution in [2.75, 3.05) is 6.61 Å². The molecule has 0 aliphatic heterocycles. The Kier molecular flexibility index (Phi) is 3.83. The molecule has 1 rings (SSSR count). The van der Waals surface area contributed by atoms with Gasteiger partial charge in [-0.15, -0.1) is 0 Å². The van der Waals surface area contributed by atoms with E-state index in [0.717, 1.165) is 12.8 Å². The lowest BCUT2D eigenvalue weighted by atomic mass is 9.85. The monoisotopic (exact) mass is 159 g/mol. The van der Waals surface area contributed by atoms with E-state index in [-0.39, 0.29) is 12.7 Å². The second-order valence-electron chi connectivity index (χ2n) is 3.26. The van der Waals surface area contributed by atoms with E-state index in [2.05, 4.69) is 4.84 Å². The van der Waals surface area contributed by atoms with Crippen molar-refractivity contribution >= 4 is 0 Å². The van der Waals surface area contributed by atoms with Crippen molar-refractivity contribution in [3.63, 3.8) is 0 Å². The van der Waals surface area contributed by atoms with Gasteiger partial charge in [-0.3, -0.25) is 4.84 Å². The second kappa shape index (κ2) is 4.70. The van der Waals surface area contributed by atoms with Gasteiger partial charge in [0.25, 0.3) is 0 Å². The van der Waals surface area contributed by atoms with E-state index < -0.39 is 0 Å². The van der Waals surface area contributed by atoms with Crippen molar-refractivity contribution in [3.05, 3.63) is 0 Å². The van der Waals surface area contributed by atoms with Crippen molar-refractivity contribution in [1.82, 2.24) is 0 Å². The molecular weight excluding hydrogens is 142 g/mol. The van der Waals surface area contributed by atoms with Gasteiger partial charge in [0.15, 0.2) is 0 Å². The predicted octanol–water partition coefficient (Wildman–Crippen LogP) is 0.818. The molecule has 0 aromatic heterocycles. The van der Waals surface area contributed by atoms with E-state index in [1.807, 2.05) is 0 Å². The predicted molar refractivity (Wildman–Crippen MR) is 42.7 cm³/mol. The van der Waals surface area contributed by atoms with Crippen LogP contribution >= 0.6 is 0 Å². The molecule has 0 aromatic carbocycles. The summed E-state index contributed by atoms with van der Waals surface area (Å²) in [5.74, 6) is 5.54. The number of hydrogen-bond donors (Lipinski definition) is 2. The van der Waals surface area contributed by atoms with Crippen LogP contribution in [0.5, 0.6) is 0 Å². The summed E-state index contributed by atoms with van der Waals surface area (Å²) < 4.78 is 0. The topological polar surface area (TPSA) is 55.5 Å². The Bertz CT molecular complexity index is 98.3. The lowest BCUT2D eigenvalue weighted by Crippen LogP contribution is -2.31. The third-order valence-electron chi connectivity index (χ3n) is 2.53. The molecule has 3 heteroatoms. The maximum absolute atomic E-state index is 8.87. The SMILES string of the molecule is NOC(CO)C1CCCCC1. The maximum atomic E-state index is 8.87. The number of hydrogen-bond acceptors (Lipinski definition) is 3. The Morgan fingerprint density at radius 2 is 2.00 bits per heavy atom. The zero-order valence-corrected chi connectivity index (χ0v) is 6.83. The maximum Gasteiger partial charge on any atom is 0.104 e. The summed E-state index contributed by atoms with van der Waals surface area (Å²) >= 11 is 0. The van der Waals surface area contributed by atoms with Crippen LogP contribution in [0.15, 0.2) is 0 Å². The summed E-state index contributed by atoms with van der Waals surface area (Å²) in [4.78, 5) is 4.69. The molecule has 0 radical (unpaired) electrons. The summed E-state index contributed by atoms with van der Waals surface area (Å²) in [6, 6.07) is 0. The molecule has 1 fully saturated rings. The highest BCUT2D eigenvalue weighted by molar-refractivity contribution is 4.73. The molecule has 0 aromatic rings. The fourth-order valence-corrected chi connectivity index (χ4v) is 1.81. The van der Waals surface area contributed by atoms with Gasteiger partial charge in [0, 0.05) is 0 Å². The largest absolute Gasteiger partial charge is 0.394 e. The Hall–Kier alpha value is -0.120. The molecule has 66 valence electrons. The lowest BCUT2D eigenvalue weighted by Gasteiger charge is -2.26. The normalized spacial score (nSPS) is 23.5. The molecule has 0 bridgehead atoms. The van der Waals surface area contributed by atoms with Crippen molar-refractivity contribution in [2.24, 2.45) is 11.8 Å². The minimum Gasteiger partial charge on any atom is -0.394 e. The van der Waals surface area contributed by atoms with Crippen LogP contribution in [0.2, 0.25) is 0 Å². The van der Waals surface area contributed by atoms with Gasteiger partial charge in [-0.05, 0) is 18.8 Å². The zero-order chi connectivity index (χ0) is 8.10. The molecule has 11 heavy (non-hydrogen) atoms. The first-order valence-corrected chi connectivity index (χ1v) is 4.35. The Morgan fingerprint density at radius 3 is 2.45 bits per heavy atom. The molecular formula is C8H17NO2. The van der Waals surface area contributed by atoms with Crippen LogP contribution in [0, 0.1) is 5.92 Å². The molecule has 0 spiro atoms. The molecule has 3 nitrogen and oxygen atoms in total. The summed E-state index contributed by atoms with van der Waals surface area (Å²) in [6.45, 7) is 0.0567. The van der Waals surface area contributed by atoms with E-state index in [4.69, 9.17) is 11.0 Å². The molecule has 0 heterocycles. The molecule has 1 saturated carbocycles. The van der Waals surface area contributed by atoms with E-state index >= 15 is 0 Å². The van der Waals surface area contributed by atoms with E-state index in [9.17, 15) is 0 Å². The summed E-state index contributed by atoms with van der Waals surface area (Å²) in [5, 5.41) is 8.87. The number of rotatable bonds is 3. The number of aliphatic hydroxyl groups is 1. The summed E-state index contributed by atoms with van der Waals surface area (Å²) in [6.07, 6.45) is 6.01. The Balaban J connectivity index is 2.30. The van der Waals surface area contributed by atoms with Gasteiger partial charge in [0.2, 0.25) is 0 Å². The number of aliphatic hydroxyl groups excluding tert-OH is 1. The van der Waals surface area contributed by atoms with Crippen LogP contribution in [-0.4, -0.2) is 17.8 Å². The fourth-order valence-electron chi connectivity index (χ4n) is 1.81. The minimum absolute atomic E-state index is 0.0567. The summed E-state index contributed by atoms with van der Waals surface area (Å²) in [7, 11) is 0. The summed E-state index contributed by atoms with van der Waals surface area (Å²) in [5.41, 5.74) is 0. The molecule has 3 N–H and O–H groups in total.